The summed E-state index contributed by atoms with van der Waals surface area (Å²) in [5.74, 6) is 0. The second kappa shape index (κ2) is 14.5. The van der Waals surface area contributed by atoms with Crippen LogP contribution in [0.25, 0.3) is 6.08 Å². The lowest BCUT2D eigenvalue weighted by Gasteiger charge is -2.24. The van der Waals surface area contributed by atoms with Crippen LogP contribution in [0.2, 0.25) is 0 Å². The summed E-state index contributed by atoms with van der Waals surface area (Å²) in [6.07, 6.45) is 4.35. The fraction of sp³-hybridized carbons (Fsp3) is 0.250. The maximum atomic E-state index is 12.2. The van der Waals surface area contributed by atoms with Gasteiger partial charge in [0.1, 0.15) is 6.29 Å². The van der Waals surface area contributed by atoms with Gasteiger partial charge in [-0.2, -0.15) is 0 Å². The largest absolute Gasteiger partial charge is 0.375 e. The number of non-ortho nitro benzene ring substituents is 1. The van der Waals surface area contributed by atoms with E-state index in [1.807, 2.05) is 74.5 Å². The van der Waals surface area contributed by atoms with Gasteiger partial charge in [-0.3, -0.25) is 10.1 Å². The molecule has 0 N–H and O–H groups in total. The number of hydrogen-bond donors (Lipinski definition) is 0. The molecule has 0 saturated heterocycles. The standard InChI is InChI=1S/C26H25NO5.C2H6/c28-19-26(20-31-17-23-7-3-1-4-8-23,21-32-18-24-9-5-2-6-10-24)16-15-22-11-13-25(14-12-22)27(29)30;1-2/h1-16,19H,17-18,20-21H2;1-2H3/b16-15+;. The maximum Gasteiger partial charge on any atom is 0.269 e. The Morgan fingerprint density at radius 2 is 1.26 bits per heavy atom. The van der Waals surface area contributed by atoms with Crippen molar-refractivity contribution in [3.8, 4) is 0 Å². The first-order chi connectivity index (χ1) is 16.6. The van der Waals surface area contributed by atoms with E-state index in [-0.39, 0.29) is 18.9 Å². The van der Waals surface area contributed by atoms with Gasteiger partial charge in [-0.15, -0.1) is 0 Å². The van der Waals surface area contributed by atoms with E-state index in [0.717, 1.165) is 23.0 Å². The second-order valence-electron chi connectivity index (χ2n) is 7.49. The van der Waals surface area contributed by atoms with Crippen LogP contribution in [0, 0.1) is 15.5 Å². The zero-order chi connectivity index (χ0) is 24.7. The Labute approximate surface area is 201 Å². The van der Waals surface area contributed by atoms with E-state index in [0.29, 0.717) is 13.2 Å². The molecule has 6 nitrogen and oxygen atoms in total. The minimum atomic E-state index is -0.995. The van der Waals surface area contributed by atoms with Gasteiger partial charge in [0.15, 0.2) is 0 Å². The molecule has 0 amide bonds. The second-order valence-corrected chi connectivity index (χ2v) is 7.49. The third-order valence-corrected chi connectivity index (χ3v) is 4.91. The fourth-order valence-corrected chi connectivity index (χ4v) is 3.08. The van der Waals surface area contributed by atoms with Crippen molar-refractivity contribution >= 4 is 18.0 Å². The zero-order valence-corrected chi connectivity index (χ0v) is 19.6. The first-order valence-corrected chi connectivity index (χ1v) is 11.2. The molecule has 0 spiro atoms. The number of nitro benzene ring substituents is 1. The molecule has 0 aliphatic rings. The van der Waals surface area contributed by atoms with Gasteiger partial charge in [0.2, 0.25) is 0 Å². The summed E-state index contributed by atoms with van der Waals surface area (Å²) in [4.78, 5) is 22.6. The Morgan fingerprint density at radius 1 is 0.794 bits per heavy atom. The van der Waals surface area contributed by atoms with E-state index >= 15 is 0 Å². The van der Waals surface area contributed by atoms with Gasteiger partial charge in [0, 0.05) is 12.1 Å². The molecule has 0 radical (unpaired) electrons. The van der Waals surface area contributed by atoms with Crippen LogP contribution >= 0.6 is 0 Å². The molecule has 0 bridgehead atoms. The van der Waals surface area contributed by atoms with Gasteiger partial charge in [0.05, 0.1) is 36.8 Å². The summed E-state index contributed by atoms with van der Waals surface area (Å²) in [7, 11) is 0. The SMILES string of the molecule is CC.O=CC(/C=C/c1ccc([N+](=O)[O-])cc1)(COCc1ccccc1)COCc1ccccc1. The molecule has 0 aliphatic carbocycles. The molecule has 0 atom stereocenters. The van der Waals surface area contributed by atoms with Gasteiger partial charge in [0.25, 0.3) is 5.69 Å². The minimum absolute atomic E-state index is 0.0150. The van der Waals surface area contributed by atoms with E-state index < -0.39 is 10.3 Å². The third kappa shape index (κ3) is 8.73. The molecule has 3 aromatic carbocycles. The molecule has 6 heteroatoms. The molecular formula is C28H31NO5. The predicted molar refractivity (Wildman–Crippen MR) is 134 cm³/mol. The highest BCUT2D eigenvalue weighted by molar-refractivity contribution is 5.67. The Hall–Kier alpha value is -3.61. The van der Waals surface area contributed by atoms with E-state index in [9.17, 15) is 14.9 Å². The van der Waals surface area contributed by atoms with Crippen molar-refractivity contribution in [3.05, 3.63) is 118 Å². The van der Waals surface area contributed by atoms with Gasteiger partial charge >= 0.3 is 0 Å². The number of carbonyl (C=O) groups is 1. The van der Waals surface area contributed by atoms with Crippen molar-refractivity contribution in [2.75, 3.05) is 13.2 Å². The number of ether oxygens (including phenoxy) is 2. The van der Waals surface area contributed by atoms with Gasteiger partial charge in [-0.1, -0.05) is 86.7 Å². The van der Waals surface area contributed by atoms with Crippen molar-refractivity contribution < 1.29 is 19.2 Å². The lowest BCUT2D eigenvalue weighted by atomic mass is 9.90. The summed E-state index contributed by atoms with van der Waals surface area (Å²) in [6, 6.07) is 25.6. The molecule has 34 heavy (non-hydrogen) atoms. The topological polar surface area (TPSA) is 78.7 Å². The first-order valence-electron chi connectivity index (χ1n) is 11.2. The summed E-state index contributed by atoms with van der Waals surface area (Å²) in [5, 5.41) is 10.9. The molecule has 0 fully saturated rings. The summed E-state index contributed by atoms with van der Waals surface area (Å²) < 4.78 is 11.7. The average Bonchev–Trinajstić information content (AvgIpc) is 2.89. The highest BCUT2D eigenvalue weighted by atomic mass is 16.6. The van der Waals surface area contributed by atoms with Crippen LogP contribution < -0.4 is 0 Å². The summed E-state index contributed by atoms with van der Waals surface area (Å²) >= 11 is 0. The maximum absolute atomic E-state index is 12.2. The number of carbonyl (C=O) groups excluding carboxylic acids is 1. The number of rotatable bonds is 12. The monoisotopic (exact) mass is 461 g/mol. The molecular weight excluding hydrogens is 430 g/mol. The Balaban J connectivity index is 0.00000199. The molecule has 0 unspecified atom stereocenters. The summed E-state index contributed by atoms with van der Waals surface area (Å²) in [5.41, 5.74) is 1.79. The van der Waals surface area contributed by atoms with Crippen molar-refractivity contribution in [2.24, 2.45) is 5.41 Å². The van der Waals surface area contributed by atoms with Crippen molar-refractivity contribution in [2.45, 2.75) is 27.1 Å². The molecule has 0 saturated carbocycles. The molecule has 0 heterocycles. The average molecular weight is 462 g/mol. The number of aldehydes is 1. The van der Waals surface area contributed by atoms with Crippen LogP contribution in [0.3, 0.4) is 0 Å². The van der Waals surface area contributed by atoms with Crippen LogP contribution in [-0.4, -0.2) is 24.4 Å². The quantitative estimate of drug-likeness (QED) is 0.181. The van der Waals surface area contributed by atoms with Crippen LogP contribution in [0.5, 0.6) is 0 Å². The van der Waals surface area contributed by atoms with Crippen LogP contribution in [0.4, 0.5) is 5.69 Å². The lowest BCUT2D eigenvalue weighted by Crippen LogP contribution is -2.32. The van der Waals surface area contributed by atoms with Crippen molar-refractivity contribution in [1.29, 1.82) is 0 Å². The van der Waals surface area contributed by atoms with E-state index in [1.165, 1.54) is 12.1 Å². The van der Waals surface area contributed by atoms with E-state index in [4.69, 9.17) is 9.47 Å². The van der Waals surface area contributed by atoms with Crippen LogP contribution in [0.1, 0.15) is 30.5 Å². The summed E-state index contributed by atoms with van der Waals surface area (Å²) in [6.45, 7) is 5.04. The number of nitro groups is 1. The third-order valence-electron chi connectivity index (χ3n) is 4.91. The number of nitrogens with zero attached hydrogens (tertiary/aromatic N) is 1. The highest BCUT2D eigenvalue weighted by Gasteiger charge is 2.28. The minimum Gasteiger partial charge on any atom is -0.375 e. The molecule has 0 aromatic heterocycles. The fourth-order valence-electron chi connectivity index (χ4n) is 3.08. The first kappa shape index (κ1) is 26.6. The van der Waals surface area contributed by atoms with E-state index in [1.54, 1.807) is 24.3 Å². The lowest BCUT2D eigenvalue weighted by molar-refractivity contribution is -0.384. The van der Waals surface area contributed by atoms with Crippen LogP contribution in [0.15, 0.2) is 91.0 Å². The molecule has 3 aromatic rings. The Kier molecular flexibility index (Phi) is 11.4. The zero-order valence-electron chi connectivity index (χ0n) is 19.6. The Morgan fingerprint density at radius 3 is 1.68 bits per heavy atom. The van der Waals surface area contributed by atoms with Gasteiger partial charge < -0.3 is 14.3 Å². The molecule has 3 rings (SSSR count). The Bertz CT molecular complexity index is 972. The van der Waals surface area contributed by atoms with Gasteiger partial charge in [-0.05, 0) is 28.8 Å². The highest BCUT2D eigenvalue weighted by Crippen LogP contribution is 2.22. The predicted octanol–water partition coefficient (Wildman–Crippen LogP) is 6.25. The number of benzene rings is 3. The molecule has 178 valence electrons. The molecule has 0 aliphatic heterocycles. The van der Waals surface area contributed by atoms with E-state index in [2.05, 4.69) is 0 Å². The van der Waals surface area contributed by atoms with Crippen molar-refractivity contribution in [3.63, 3.8) is 0 Å². The van der Waals surface area contributed by atoms with Gasteiger partial charge in [-0.25, -0.2) is 0 Å². The normalized spacial score (nSPS) is 11.0. The smallest absolute Gasteiger partial charge is 0.269 e. The van der Waals surface area contributed by atoms with Crippen LogP contribution in [-0.2, 0) is 27.5 Å². The van der Waals surface area contributed by atoms with Crippen molar-refractivity contribution in [1.82, 2.24) is 0 Å². The number of hydrogen-bond acceptors (Lipinski definition) is 5.